The highest BCUT2D eigenvalue weighted by Crippen LogP contribution is 2.12. The highest BCUT2D eigenvalue weighted by atomic mass is 15.4. The normalized spacial score (nSPS) is 12.0. The molecule has 0 atom stereocenters. The summed E-state index contributed by atoms with van der Waals surface area (Å²) < 4.78 is 3.69. The lowest BCUT2D eigenvalue weighted by Gasteiger charge is -2.13. The molecule has 6 nitrogen and oxygen atoms in total. The summed E-state index contributed by atoms with van der Waals surface area (Å²) in [6.07, 6.45) is 5.73. The summed E-state index contributed by atoms with van der Waals surface area (Å²) in [6, 6.07) is 0. The molecule has 0 aliphatic rings. The fourth-order valence-electron chi connectivity index (χ4n) is 1.50. The van der Waals surface area contributed by atoms with Gasteiger partial charge in [0.2, 0.25) is 0 Å². The Labute approximate surface area is 100 Å². The molecule has 0 aromatic carbocycles. The van der Waals surface area contributed by atoms with Crippen LogP contribution in [-0.2, 0) is 18.6 Å². The van der Waals surface area contributed by atoms with E-state index in [9.17, 15) is 0 Å². The molecule has 0 spiro atoms. The minimum absolute atomic E-state index is 0.444. The lowest BCUT2D eigenvalue weighted by atomic mass is 10.0. The Morgan fingerprint density at radius 1 is 1.24 bits per heavy atom. The van der Waals surface area contributed by atoms with Gasteiger partial charge in [0.25, 0.3) is 0 Å². The molecule has 0 saturated carbocycles. The fourth-order valence-corrected chi connectivity index (χ4v) is 1.50. The van der Waals surface area contributed by atoms with Crippen LogP contribution in [0.1, 0.15) is 25.1 Å². The van der Waals surface area contributed by atoms with Gasteiger partial charge in [0.05, 0.1) is 31.0 Å². The Hall–Kier alpha value is -1.69. The van der Waals surface area contributed by atoms with Crippen LogP contribution in [0.5, 0.6) is 0 Å². The van der Waals surface area contributed by atoms with Gasteiger partial charge in [-0.05, 0) is 26.3 Å². The smallest absolute Gasteiger partial charge is 0.102 e. The van der Waals surface area contributed by atoms with E-state index in [0.29, 0.717) is 0 Å². The van der Waals surface area contributed by atoms with Crippen molar-refractivity contribution in [3.05, 3.63) is 29.8 Å². The van der Waals surface area contributed by atoms with Gasteiger partial charge in [-0.15, -0.1) is 5.10 Å². The van der Waals surface area contributed by atoms with Gasteiger partial charge in [0, 0.05) is 6.20 Å². The molecular formula is C11H18N6. The molecule has 2 aromatic rings. The van der Waals surface area contributed by atoms with Crippen LogP contribution in [0.3, 0.4) is 0 Å². The van der Waals surface area contributed by atoms with Gasteiger partial charge in [0.1, 0.15) is 5.69 Å². The summed E-state index contributed by atoms with van der Waals surface area (Å²) in [6.45, 7) is 7.37. The molecule has 6 heteroatoms. The summed E-state index contributed by atoms with van der Waals surface area (Å²) in [4.78, 5) is 0. The number of aromatic nitrogens is 5. The molecule has 0 amide bonds. The third-order valence-electron chi connectivity index (χ3n) is 2.52. The monoisotopic (exact) mass is 234 g/mol. The predicted molar refractivity (Wildman–Crippen MR) is 64.2 cm³/mol. The second-order valence-corrected chi connectivity index (χ2v) is 4.87. The minimum atomic E-state index is -0.444. The Kier molecular flexibility index (Phi) is 2.97. The summed E-state index contributed by atoms with van der Waals surface area (Å²) in [5.41, 5.74) is 7.46. The zero-order valence-electron chi connectivity index (χ0n) is 10.5. The Morgan fingerprint density at radius 2 is 1.94 bits per heavy atom. The first-order valence-corrected chi connectivity index (χ1v) is 5.64. The lowest BCUT2D eigenvalue weighted by molar-refractivity contribution is 0.489. The highest BCUT2D eigenvalue weighted by molar-refractivity contribution is 5.05. The minimum Gasteiger partial charge on any atom is -0.320 e. The second kappa shape index (κ2) is 4.29. The summed E-state index contributed by atoms with van der Waals surface area (Å²) in [5, 5.41) is 12.3. The van der Waals surface area contributed by atoms with E-state index >= 15 is 0 Å². The van der Waals surface area contributed by atoms with E-state index in [2.05, 4.69) is 15.4 Å². The van der Waals surface area contributed by atoms with Crippen LogP contribution in [0, 0.1) is 6.92 Å². The topological polar surface area (TPSA) is 74.5 Å². The molecular weight excluding hydrogens is 216 g/mol. The van der Waals surface area contributed by atoms with Crippen molar-refractivity contribution in [1.82, 2.24) is 24.8 Å². The molecule has 0 aliphatic heterocycles. The average Bonchev–Trinajstić information content (AvgIpc) is 2.82. The summed E-state index contributed by atoms with van der Waals surface area (Å²) in [7, 11) is 0. The van der Waals surface area contributed by atoms with E-state index in [1.54, 1.807) is 4.68 Å². The van der Waals surface area contributed by atoms with Crippen molar-refractivity contribution in [2.75, 3.05) is 0 Å². The molecule has 0 aliphatic carbocycles. The standard InChI is InChI=1S/C11H18N6/c1-9-6-13-16(7-9)4-5-17-8-10(14-15-17)11(2,3)12/h6-8H,4-5,12H2,1-3H3. The van der Waals surface area contributed by atoms with E-state index in [0.717, 1.165) is 24.3 Å². The molecule has 0 bridgehead atoms. The predicted octanol–water partition coefficient (Wildman–Crippen LogP) is 0.677. The van der Waals surface area contributed by atoms with Crippen LogP contribution in [0.2, 0.25) is 0 Å². The molecule has 2 aromatic heterocycles. The van der Waals surface area contributed by atoms with Gasteiger partial charge >= 0.3 is 0 Å². The van der Waals surface area contributed by atoms with Gasteiger partial charge < -0.3 is 5.73 Å². The van der Waals surface area contributed by atoms with Crippen molar-refractivity contribution in [2.24, 2.45) is 5.73 Å². The van der Waals surface area contributed by atoms with Crippen molar-refractivity contribution in [1.29, 1.82) is 0 Å². The maximum atomic E-state index is 5.95. The van der Waals surface area contributed by atoms with Crippen molar-refractivity contribution < 1.29 is 0 Å². The van der Waals surface area contributed by atoms with Gasteiger partial charge in [-0.1, -0.05) is 5.21 Å². The van der Waals surface area contributed by atoms with E-state index < -0.39 is 5.54 Å². The number of hydrogen-bond acceptors (Lipinski definition) is 4. The van der Waals surface area contributed by atoms with Crippen LogP contribution in [0.15, 0.2) is 18.6 Å². The van der Waals surface area contributed by atoms with Crippen LogP contribution >= 0.6 is 0 Å². The number of nitrogens with two attached hydrogens (primary N) is 1. The molecule has 2 rings (SSSR count). The molecule has 0 radical (unpaired) electrons. The van der Waals surface area contributed by atoms with Crippen molar-refractivity contribution in [2.45, 2.75) is 39.4 Å². The average molecular weight is 234 g/mol. The zero-order chi connectivity index (χ0) is 12.5. The maximum Gasteiger partial charge on any atom is 0.102 e. The highest BCUT2D eigenvalue weighted by Gasteiger charge is 2.18. The third kappa shape index (κ3) is 2.91. The van der Waals surface area contributed by atoms with E-state index in [-0.39, 0.29) is 0 Å². The van der Waals surface area contributed by atoms with Crippen LogP contribution < -0.4 is 5.73 Å². The van der Waals surface area contributed by atoms with Gasteiger partial charge in [-0.2, -0.15) is 5.10 Å². The number of hydrogen-bond donors (Lipinski definition) is 1. The summed E-state index contributed by atoms with van der Waals surface area (Å²) >= 11 is 0. The quantitative estimate of drug-likeness (QED) is 0.844. The van der Waals surface area contributed by atoms with Crippen molar-refractivity contribution >= 4 is 0 Å². The second-order valence-electron chi connectivity index (χ2n) is 4.87. The molecule has 17 heavy (non-hydrogen) atoms. The molecule has 0 saturated heterocycles. The van der Waals surface area contributed by atoms with E-state index in [1.165, 1.54) is 0 Å². The summed E-state index contributed by atoms with van der Waals surface area (Å²) in [5.74, 6) is 0. The molecule has 0 fully saturated rings. The maximum absolute atomic E-state index is 5.95. The third-order valence-corrected chi connectivity index (χ3v) is 2.52. The number of nitrogens with zero attached hydrogens (tertiary/aromatic N) is 5. The zero-order valence-corrected chi connectivity index (χ0v) is 10.5. The largest absolute Gasteiger partial charge is 0.320 e. The van der Waals surface area contributed by atoms with Crippen LogP contribution in [-0.4, -0.2) is 24.8 Å². The van der Waals surface area contributed by atoms with Crippen molar-refractivity contribution in [3.63, 3.8) is 0 Å². The SMILES string of the molecule is Cc1cnn(CCn2cc(C(C)(C)N)nn2)c1. The van der Waals surface area contributed by atoms with Crippen LogP contribution in [0.25, 0.3) is 0 Å². The molecule has 0 unspecified atom stereocenters. The van der Waals surface area contributed by atoms with E-state index in [4.69, 9.17) is 5.73 Å². The Morgan fingerprint density at radius 3 is 2.47 bits per heavy atom. The van der Waals surface area contributed by atoms with Crippen molar-refractivity contribution in [3.8, 4) is 0 Å². The van der Waals surface area contributed by atoms with Crippen LogP contribution in [0.4, 0.5) is 0 Å². The first kappa shape index (κ1) is 11.8. The van der Waals surface area contributed by atoms with Gasteiger partial charge in [-0.3, -0.25) is 9.36 Å². The first-order valence-electron chi connectivity index (χ1n) is 5.64. The van der Waals surface area contributed by atoms with Gasteiger partial charge in [0.15, 0.2) is 0 Å². The fraction of sp³-hybridized carbons (Fsp3) is 0.545. The molecule has 2 heterocycles. The van der Waals surface area contributed by atoms with E-state index in [1.807, 2.05) is 44.0 Å². The Bertz CT molecular complexity index is 490. The molecule has 2 N–H and O–H groups in total. The van der Waals surface area contributed by atoms with Gasteiger partial charge in [-0.25, -0.2) is 0 Å². The molecule has 92 valence electrons. The number of rotatable bonds is 4. The first-order chi connectivity index (χ1) is 7.95. The Balaban J connectivity index is 1.98. The lowest BCUT2D eigenvalue weighted by Crippen LogP contribution is -2.29. The number of aryl methyl sites for hydroxylation is 3.